The Morgan fingerprint density at radius 2 is 2.06 bits per heavy atom. The van der Waals surface area contributed by atoms with E-state index in [1.807, 2.05) is 0 Å². The fourth-order valence-corrected chi connectivity index (χ4v) is 2.36. The van der Waals surface area contributed by atoms with Crippen LogP contribution in [0, 0.1) is 5.92 Å². The molecule has 0 aliphatic heterocycles. The second-order valence-electron chi connectivity index (χ2n) is 4.07. The summed E-state index contributed by atoms with van der Waals surface area (Å²) in [5.74, 6) is 1.06. The molecule has 1 aliphatic carbocycles. The van der Waals surface area contributed by atoms with E-state index < -0.39 is 12.8 Å². The van der Waals surface area contributed by atoms with Gasteiger partial charge >= 0.3 is 6.18 Å². The third kappa shape index (κ3) is 5.37. The lowest BCUT2D eigenvalue weighted by Crippen LogP contribution is -2.36. The van der Waals surface area contributed by atoms with Crippen molar-refractivity contribution in [2.24, 2.45) is 5.92 Å². The molecule has 96 valence electrons. The summed E-state index contributed by atoms with van der Waals surface area (Å²) in [6, 6.07) is 0.340. The molecule has 0 aromatic heterocycles. The second-order valence-corrected chi connectivity index (χ2v) is 4.38. The van der Waals surface area contributed by atoms with E-state index in [9.17, 15) is 13.2 Å². The summed E-state index contributed by atoms with van der Waals surface area (Å²) in [5, 5.41) is 3.19. The largest absolute Gasteiger partial charge is 0.411 e. The van der Waals surface area contributed by atoms with Gasteiger partial charge in [0.05, 0.1) is 6.61 Å². The van der Waals surface area contributed by atoms with E-state index in [1.165, 1.54) is 0 Å². The van der Waals surface area contributed by atoms with Crippen LogP contribution in [0.4, 0.5) is 13.2 Å². The maximum absolute atomic E-state index is 11.7. The van der Waals surface area contributed by atoms with Gasteiger partial charge < -0.3 is 10.1 Å². The maximum Gasteiger partial charge on any atom is 0.411 e. The van der Waals surface area contributed by atoms with Crippen molar-refractivity contribution in [2.75, 3.05) is 25.6 Å². The number of hydrogen-bond acceptors (Lipinski definition) is 2. The Bertz CT molecular complexity index is 201. The van der Waals surface area contributed by atoms with Crippen LogP contribution in [0.15, 0.2) is 0 Å². The molecular formula is C10H17ClF3NO. The van der Waals surface area contributed by atoms with Gasteiger partial charge in [0, 0.05) is 18.5 Å². The molecule has 2 nitrogen and oxygen atoms in total. The monoisotopic (exact) mass is 259 g/mol. The van der Waals surface area contributed by atoms with Gasteiger partial charge in [-0.15, -0.1) is 11.6 Å². The van der Waals surface area contributed by atoms with Crippen molar-refractivity contribution >= 4 is 11.6 Å². The first kappa shape index (κ1) is 14.1. The van der Waals surface area contributed by atoms with Crippen LogP contribution >= 0.6 is 11.6 Å². The van der Waals surface area contributed by atoms with Gasteiger partial charge in [-0.2, -0.15) is 13.2 Å². The molecule has 1 saturated carbocycles. The zero-order valence-corrected chi connectivity index (χ0v) is 9.78. The molecule has 0 radical (unpaired) electrons. The minimum Gasteiger partial charge on any atom is -0.371 e. The Balaban J connectivity index is 2.03. The van der Waals surface area contributed by atoms with E-state index in [-0.39, 0.29) is 6.61 Å². The van der Waals surface area contributed by atoms with Crippen LogP contribution in [0.25, 0.3) is 0 Å². The summed E-state index contributed by atoms with van der Waals surface area (Å²) < 4.78 is 39.7. The summed E-state index contributed by atoms with van der Waals surface area (Å²) >= 11 is 5.78. The molecule has 0 aromatic rings. The summed E-state index contributed by atoms with van der Waals surface area (Å²) in [7, 11) is 0. The minimum atomic E-state index is -4.23. The average molecular weight is 260 g/mol. The topological polar surface area (TPSA) is 21.3 Å². The van der Waals surface area contributed by atoms with E-state index in [0.717, 1.165) is 19.3 Å². The number of hydrogen-bond donors (Lipinski definition) is 1. The van der Waals surface area contributed by atoms with Crippen molar-refractivity contribution in [3.63, 3.8) is 0 Å². The van der Waals surface area contributed by atoms with E-state index in [0.29, 0.717) is 24.4 Å². The lowest BCUT2D eigenvalue weighted by atomic mass is 10.1. The number of alkyl halides is 4. The van der Waals surface area contributed by atoms with Crippen LogP contribution < -0.4 is 5.32 Å². The van der Waals surface area contributed by atoms with Crippen molar-refractivity contribution in [1.29, 1.82) is 0 Å². The normalized spacial score (nSPS) is 26.2. The highest BCUT2D eigenvalue weighted by molar-refractivity contribution is 6.18. The Kier molecular flexibility index (Phi) is 5.86. The summed E-state index contributed by atoms with van der Waals surface area (Å²) in [5.41, 5.74) is 0. The zero-order valence-electron chi connectivity index (χ0n) is 9.02. The molecule has 0 bridgehead atoms. The van der Waals surface area contributed by atoms with Crippen LogP contribution in [0.1, 0.15) is 19.3 Å². The van der Waals surface area contributed by atoms with Crippen LogP contribution in [0.5, 0.6) is 0 Å². The van der Waals surface area contributed by atoms with Crippen molar-refractivity contribution < 1.29 is 17.9 Å². The molecule has 1 N–H and O–H groups in total. The Hall–Kier alpha value is 0. The molecular weight excluding hydrogens is 243 g/mol. The molecule has 1 fully saturated rings. The molecule has 16 heavy (non-hydrogen) atoms. The van der Waals surface area contributed by atoms with E-state index in [4.69, 9.17) is 11.6 Å². The first-order valence-electron chi connectivity index (χ1n) is 5.47. The highest BCUT2D eigenvalue weighted by atomic mass is 35.5. The quantitative estimate of drug-likeness (QED) is 0.585. The smallest absolute Gasteiger partial charge is 0.371 e. The van der Waals surface area contributed by atoms with Gasteiger partial charge in [0.1, 0.15) is 6.61 Å². The molecule has 1 rings (SSSR count). The van der Waals surface area contributed by atoms with Crippen LogP contribution in [0.2, 0.25) is 0 Å². The number of ether oxygens (including phenoxy) is 1. The van der Waals surface area contributed by atoms with Gasteiger partial charge in [-0.25, -0.2) is 0 Å². The summed E-state index contributed by atoms with van der Waals surface area (Å²) in [4.78, 5) is 0. The molecule has 0 aromatic carbocycles. The maximum atomic E-state index is 11.7. The SMILES string of the molecule is FC(F)(F)COCCNC1CCCC1CCl. The Morgan fingerprint density at radius 1 is 1.31 bits per heavy atom. The summed E-state index contributed by atoms with van der Waals surface area (Å²) in [6.07, 6.45) is -0.939. The molecule has 0 amide bonds. The fraction of sp³-hybridized carbons (Fsp3) is 1.00. The number of nitrogens with one attached hydrogen (secondary N) is 1. The first-order chi connectivity index (χ1) is 7.53. The van der Waals surface area contributed by atoms with Crippen molar-refractivity contribution in [3.05, 3.63) is 0 Å². The molecule has 0 saturated heterocycles. The van der Waals surface area contributed by atoms with Gasteiger partial charge in [-0.3, -0.25) is 0 Å². The molecule has 6 heteroatoms. The fourth-order valence-electron chi connectivity index (χ4n) is 1.99. The molecule has 0 spiro atoms. The molecule has 1 aliphatic rings. The van der Waals surface area contributed by atoms with E-state index in [2.05, 4.69) is 10.1 Å². The van der Waals surface area contributed by atoms with Crippen molar-refractivity contribution in [3.8, 4) is 0 Å². The lowest BCUT2D eigenvalue weighted by Gasteiger charge is -2.18. The van der Waals surface area contributed by atoms with Gasteiger partial charge in [-0.05, 0) is 18.8 Å². The molecule has 0 heterocycles. The lowest BCUT2D eigenvalue weighted by molar-refractivity contribution is -0.173. The zero-order chi connectivity index (χ0) is 12.0. The number of halogens is 4. The highest BCUT2D eigenvalue weighted by Crippen LogP contribution is 2.26. The predicted molar refractivity (Wildman–Crippen MR) is 56.7 cm³/mol. The van der Waals surface area contributed by atoms with Crippen LogP contribution in [-0.2, 0) is 4.74 Å². The highest BCUT2D eigenvalue weighted by Gasteiger charge is 2.28. The minimum absolute atomic E-state index is 0.0883. The number of rotatable bonds is 6. The van der Waals surface area contributed by atoms with Gasteiger partial charge in [-0.1, -0.05) is 6.42 Å². The van der Waals surface area contributed by atoms with E-state index in [1.54, 1.807) is 0 Å². The van der Waals surface area contributed by atoms with Crippen molar-refractivity contribution in [2.45, 2.75) is 31.5 Å². The van der Waals surface area contributed by atoms with Gasteiger partial charge in [0.25, 0.3) is 0 Å². The molecule has 2 atom stereocenters. The van der Waals surface area contributed by atoms with Gasteiger partial charge in [0.15, 0.2) is 0 Å². The van der Waals surface area contributed by atoms with Crippen LogP contribution in [0.3, 0.4) is 0 Å². The van der Waals surface area contributed by atoms with Crippen LogP contribution in [-0.4, -0.2) is 37.9 Å². The first-order valence-corrected chi connectivity index (χ1v) is 6.00. The van der Waals surface area contributed by atoms with Crippen molar-refractivity contribution in [1.82, 2.24) is 5.32 Å². The summed E-state index contributed by atoms with van der Waals surface area (Å²) in [6.45, 7) is -0.628. The average Bonchev–Trinajstić information content (AvgIpc) is 2.63. The second kappa shape index (κ2) is 6.67. The Labute approximate surface area is 98.5 Å². The third-order valence-corrected chi connectivity index (χ3v) is 3.17. The Morgan fingerprint density at radius 3 is 2.69 bits per heavy atom. The van der Waals surface area contributed by atoms with Gasteiger partial charge in [0.2, 0.25) is 0 Å². The van der Waals surface area contributed by atoms with E-state index >= 15 is 0 Å². The third-order valence-electron chi connectivity index (χ3n) is 2.78. The predicted octanol–water partition coefficient (Wildman–Crippen LogP) is 2.56. The molecule has 2 unspecified atom stereocenters. The standard InChI is InChI=1S/C10H17ClF3NO/c11-6-8-2-1-3-9(8)15-4-5-16-7-10(12,13)14/h8-9,15H,1-7H2.